The Kier molecular flexibility index (Phi) is 4.37. The van der Waals surface area contributed by atoms with Crippen molar-refractivity contribution in [3.63, 3.8) is 0 Å². The van der Waals surface area contributed by atoms with Crippen LogP contribution in [0.25, 0.3) is 0 Å². The summed E-state index contributed by atoms with van der Waals surface area (Å²) >= 11 is 0. The van der Waals surface area contributed by atoms with Gasteiger partial charge in [0.25, 0.3) is 5.91 Å². The molecule has 1 heterocycles. The lowest BCUT2D eigenvalue weighted by molar-refractivity contribution is -0.201. The molecular formula is C10H10F6N2O2. The van der Waals surface area contributed by atoms with Crippen molar-refractivity contribution in [2.75, 3.05) is 6.54 Å². The van der Waals surface area contributed by atoms with E-state index in [0.717, 1.165) is 10.8 Å². The molecule has 0 saturated carbocycles. The lowest BCUT2D eigenvalue weighted by Crippen LogP contribution is -2.41. The second-order valence-corrected chi connectivity index (χ2v) is 4.02. The first-order valence-corrected chi connectivity index (χ1v) is 5.19. The van der Waals surface area contributed by atoms with E-state index in [-0.39, 0.29) is 0 Å². The van der Waals surface area contributed by atoms with E-state index in [4.69, 9.17) is 5.11 Å². The van der Waals surface area contributed by atoms with Crippen LogP contribution in [0.2, 0.25) is 0 Å². The van der Waals surface area contributed by atoms with Gasteiger partial charge in [0.15, 0.2) is 6.10 Å². The number of aliphatic hydroxyl groups is 1. The Morgan fingerprint density at radius 1 is 1.30 bits per heavy atom. The van der Waals surface area contributed by atoms with Gasteiger partial charge < -0.3 is 15.0 Å². The molecule has 0 aromatic carbocycles. The Hall–Kier alpha value is -1.71. The molecule has 0 radical (unpaired) electrons. The highest BCUT2D eigenvalue weighted by Gasteiger charge is 2.39. The van der Waals surface area contributed by atoms with Crippen LogP contribution in [-0.2, 0) is 13.2 Å². The summed E-state index contributed by atoms with van der Waals surface area (Å²) in [6.07, 6.45) is -11.1. The molecule has 1 atom stereocenters. The number of aliphatic hydroxyl groups excluding tert-OH is 1. The van der Waals surface area contributed by atoms with E-state index in [1.54, 1.807) is 5.32 Å². The molecule has 114 valence electrons. The highest BCUT2D eigenvalue weighted by molar-refractivity contribution is 5.95. The van der Waals surface area contributed by atoms with Gasteiger partial charge in [-0.1, -0.05) is 0 Å². The van der Waals surface area contributed by atoms with Gasteiger partial charge >= 0.3 is 12.4 Å². The Morgan fingerprint density at radius 2 is 1.85 bits per heavy atom. The number of hydrogen-bond acceptors (Lipinski definition) is 2. The molecule has 2 N–H and O–H groups in total. The molecule has 0 aliphatic heterocycles. The number of rotatable bonds is 3. The van der Waals surface area contributed by atoms with Gasteiger partial charge in [-0.15, -0.1) is 0 Å². The number of carbonyl (C=O) groups is 1. The number of halogens is 6. The van der Waals surface area contributed by atoms with Gasteiger partial charge in [-0.3, -0.25) is 4.79 Å². The highest BCUT2D eigenvalue weighted by Crippen LogP contribution is 2.32. The van der Waals surface area contributed by atoms with Crippen LogP contribution >= 0.6 is 0 Å². The van der Waals surface area contributed by atoms with E-state index >= 15 is 0 Å². The maximum atomic E-state index is 12.6. The molecule has 0 spiro atoms. The Morgan fingerprint density at radius 3 is 2.30 bits per heavy atom. The fraction of sp³-hybridized carbons (Fsp3) is 0.500. The number of alkyl halides is 6. The molecular weight excluding hydrogens is 294 g/mol. The third-order valence-corrected chi connectivity index (χ3v) is 2.34. The van der Waals surface area contributed by atoms with Crippen molar-refractivity contribution in [3.05, 3.63) is 23.5 Å². The predicted octanol–water partition coefficient (Wildman–Crippen LogP) is 1.70. The quantitative estimate of drug-likeness (QED) is 0.835. The zero-order chi connectivity index (χ0) is 15.7. The lowest BCUT2D eigenvalue weighted by atomic mass is 10.2. The molecule has 0 fully saturated rings. The zero-order valence-electron chi connectivity index (χ0n) is 10.0. The number of carbonyl (C=O) groups excluding carboxylic acids is 1. The molecule has 20 heavy (non-hydrogen) atoms. The number of hydrogen-bond donors (Lipinski definition) is 2. The molecule has 1 rings (SSSR count). The number of nitrogens with zero attached hydrogens (tertiary/aromatic N) is 1. The van der Waals surface area contributed by atoms with Crippen LogP contribution in [0.15, 0.2) is 12.4 Å². The van der Waals surface area contributed by atoms with Crippen molar-refractivity contribution >= 4 is 5.91 Å². The minimum absolute atomic E-state index is 0.634. The summed E-state index contributed by atoms with van der Waals surface area (Å²) in [4.78, 5) is 11.5. The Labute approximate surface area is 109 Å². The molecule has 1 aromatic heterocycles. The van der Waals surface area contributed by atoms with Gasteiger partial charge in [-0.25, -0.2) is 0 Å². The summed E-state index contributed by atoms with van der Waals surface area (Å²) in [5.41, 5.74) is -2.08. The third kappa shape index (κ3) is 3.89. The van der Waals surface area contributed by atoms with Gasteiger partial charge in [0, 0.05) is 19.4 Å². The number of amides is 1. The number of aromatic nitrogens is 1. The standard InChI is InChI=1S/C10H10F6N2O2/c1-18-3-5(6(4-18)9(11,12)13)8(20)17-2-7(19)10(14,15)16/h3-4,7,19H,2H2,1H3,(H,17,20)/t7-/m0/s1. The monoisotopic (exact) mass is 304 g/mol. The van der Waals surface area contributed by atoms with Crippen LogP contribution in [0.5, 0.6) is 0 Å². The van der Waals surface area contributed by atoms with Crippen LogP contribution in [0.4, 0.5) is 26.3 Å². The molecule has 0 saturated heterocycles. The molecule has 4 nitrogen and oxygen atoms in total. The van der Waals surface area contributed by atoms with E-state index in [0.29, 0.717) is 6.20 Å². The van der Waals surface area contributed by atoms with Crippen molar-refractivity contribution in [3.8, 4) is 0 Å². The van der Waals surface area contributed by atoms with Crippen LogP contribution in [0.1, 0.15) is 15.9 Å². The fourth-order valence-corrected chi connectivity index (χ4v) is 1.39. The SMILES string of the molecule is Cn1cc(C(=O)NC[C@H](O)C(F)(F)F)c(C(F)(F)F)c1. The maximum absolute atomic E-state index is 12.6. The van der Waals surface area contributed by atoms with Crippen molar-refractivity contribution in [2.45, 2.75) is 18.5 Å². The smallest absolute Gasteiger partial charge is 0.382 e. The first-order valence-electron chi connectivity index (χ1n) is 5.19. The van der Waals surface area contributed by atoms with Gasteiger partial charge in [0.2, 0.25) is 0 Å². The fourth-order valence-electron chi connectivity index (χ4n) is 1.39. The molecule has 1 aromatic rings. The highest BCUT2D eigenvalue weighted by atomic mass is 19.4. The van der Waals surface area contributed by atoms with Gasteiger partial charge in [-0.05, 0) is 0 Å². The summed E-state index contributed by atoms with van der Waals surface area (Å²) < 4.78 is 74.7. The molecule has 0 aliphatic rings. The maximum Gasteiger partial charge on any atom is 0.418 e. The summed E-state index contributed by atoms with van der Waals surface area (Å²) in [6, 6.07) is 0. The average molecular weight is 304 g/mol. The van der Waals surface area contributed by atoms with Crippen LogP contribution in [-0.4, -0.2) is 34.4 Å². The first kappa shape index (κ1) is 16.3. The van der Waals surface area contributed by atoms with Crippen LogP contribution < -0.4 is 5.32 Å². The summed E-state index contributed by atoms with van der Waals surface area (Å²) in [5, 5.41) is 10.3. The third-order valence-electron chi connectivity index (χ3n) is 2.34. The van der Waals surface area contributed by atoms with Gasteiger partial charge in [0.1, 0.15) is 0 Å². The first-order chi connectivity index (χ1) is 8.93. The summed E-state index contributed by atoms with van der Waals surface area (Å²) in [5.74, 6) is -1.35. The van der Waals surface area contributed by atoms with Crippen LogP contribution in [0, 0.1) is 0 Å². The van der Waals surface area contributed by atoms with E-state index in [2.05, 4.69) is 0 Å². The number of nitrogens with one attached hydrogen (secondary N) is 1. The van der Waals surface area contributed by atoms with E-state index in [9.17, 15) is 31.1 Å². The average Bonchev–Trinajstić information content (AvgIpc) is 2.66. The predicted molar refractivity (Wildman–Crippen MR) is 54.8 cm³/mol. The van der Waals surface area contributed by atoms with Gasteiger partial charge in [-0.2, -0.15) is 26.3 Å². The topological polar surface area (TPSA) is 54.3 Å². The Balaban J connectivity index is 2.84. The van der Waals surface area contributed by atoms with E-state index in [1.807, 2.05) is 0 Å². The Bertz CT molecular complexity index is 491. The lowest BCUT2D eigenvalue weighted by Gasteiger charge is -2.15. The van der Waals surface area contributed by atoms with Crippen molar-refractivity contribution < 1.29 is 36.2 Å². The second kappa shape index (κ2) is 5.35. The van der Waals surface area contributed by atoms with E-state index in [1.165, 1.54) is 7.05 Å². The van der Waals surface area contributed by atoms with Crippen molar-refractivity contribution in [2.24, 2.45) is 7.05 Å². The largest absolute Gasteiger partial charge is 0.418 e. The van der Waals surface area contributed by atoms with Crippen molar-refractivity contribution in [1.29, 1.82) is 0 Å². The molecule has 10 heteroatoms. The molecule has 0 bridgehead atoms. The minimum Gasteiger partial charge on any atom is -0.382 e. The van der Waals surface area contributed by atoms with E-state index < -0.39 is 42.0 Å². The van der Waals surface area contributed by atoms with Gasteiger partial charge in [0.05, 0.1) is 17.7 Å². The second-order valence-electron chi connectivity index (χ2n) is 4.02. The summed E-state index contributed by atoms with van der Waals surface area (Å²) in [7, 11) is 1.23. The zero-order valence-corrected chi connectivity index (χ0v) is 10.0. The number of aryl methyl sites for hydroxylation is 1. The molecule has 0 aliphatic carbocycles. The van der Waals surface area contributed by atoms with Crippen LogP contribution in [0.3, 0.4) is 0 Å². The molecule has 0 unspecified atom stereocenters. The van der Waals surface area contributed by atoms with Crippen molar-refractivity contribution in [1.82, 2.24) is 9.88 Å². The normalized spacial score (nSPS) is 14.2. The molecule has 1 amide bonds. The minimum atomic E-state index is -4.96. The summed E-state index contributed by atoms with van der Waals surface area (Å²) in [6.45, 7) is -1.23.